The molecule has 0 saturated heterocycles. The number of carbonyl (C=O) groups is 1. The van der Waals surface area contributed by atoms with Crippen molar-refractivity contribution >= 4 is 21.9 Å². The minimum atomic E-state index is -0.628. The molecule has 0 amide bonds. The van der Waals surface area contributed by atoms with E-state index in [4.69, 9.17) is 9.47 Å². The number of allylic oxidation sites excluding steroid dienone is 1. The third-order valence-electron chi connectivity index (χ3n) is 2.00. The van der Waals surface area contributed by atoms with Crippen LogP contribution in [-0.4, -0.2) is 25.5 Å². The fraction of sp³-hybridized carbons (Fsp3) is 0.250. The van der Waals surface area contributed by atoms with E-state index in [-0.39, 0.29) is 22.6 Å². The van der Waals surface area contributed by atoms with E-state index in [2.05, 4.69) is 20.7 Å². The van der Waals surface area contributed by atoms with Crippen molar-refractivity contribution in [3.8, 4) is 11.5 Å². The summed E-state index contributed by atoms with van der Waals surface area (Å²) in [4.78, 5) is 11.1. The molecule has 0 heterocycles. The van der Waals surface area contributed by atoms with Gasteiger partial charge < -0.3 is 14.2 Å². The van der Waals surface area contributed by atoms with Crippen molar-refractivity contribution in [1.29, 1.82) is 0 Å². The van der Waals surface area contributed by atoms with Crippen LogP contribution in [0.4, 0.5) is 4.39 Å². The lowest BCUT2D eigenvalue weighted by molar-refractivity contribution is -0.135. The molecule has 0 spiro atoms. The van der Waals surface area contributed by atoms with Crippen molar-refractivity contribution in [2.75, 3.05) is 19.5 Å². The highest BCUT2D eigenvalue weighted by Gasteiger charge is 2.12. The molecule has 0 aliphatic heterocycles. The lowest BCUT2D eigenvalue weighted by atomic mass is 10.3. The molecule has 0 fully saturated rings. The summed E-state index contributed by atoms with van der Waals surface area (Å²) in [6, 6.07) is 4.49. The number of esters is 1. The van der Waals surface area contributed by atoms with E-state index in [1.807, 2.05) is 0 Å². The zero-order valence-electron chi connectivity index (χ0n) is 9.91. The second-order valence-corrected chi connectivity index (χ2v) is 3.70. The summed E-state index contributed by atoms with van der Waals surface area (Å²) in [5.74, 6) is -0.929. The van der Waals surface area contributed by atoms with Gasteiger partial charge in [0.15, 0.2) is 11.5 Å². The van der Waals surface area contributed by atoms with E-state index in [1.165, 1.54) is 26.4 Å². The van der Waals surface area contributed by atoms with Crippen LogP contribution in [0, 0.1) is 5.82 Å². The van der Waals surface area contributed by atoms with Gasteiger partial charge in [-0.15, -0.1) is 0 Å². The molecule has 0 bridgehead atoms. The maximum atomic E-state index is 13.8. The van der Waals surface area contributed by atoms with Crippen molar-refractivity contribution in [2.45, 2.75) is 0 Å². The van der Waals surface area contributed by atoms with Gasteiger partial charge in [0.2, 0.25) is 5.82 Å². The fourth-order valence-electron chi connectivity index (χ4n) is 1.15. The van der Waals surface area contributed by atoms with E-state index >= 15 is 0 Å². The Balaban J connectivity index is 2.95. The quantitative estimate of drug-likeness (QED) is 0.362. The molecule has 1 aromatic rings. The number of alkyl halides is 1. The van der Waals surface area contributed by atoms with Crippen LogP contribution in [0.15, 0.2) is 30.0 Å². The Labute approximate surface area is 112 Å². The van der Waals surface area contributed by atoms with Crippen LogP contribution in [-0.2, 0) is 9.53 Å². The lowest BCUT2D eigenvalue weighted by Crippen LogP contribution is -2.04. The highest BCUT2D eigenvalue weighted by Crippen LogP contribution is 2.27. The molecule has 0 unspecified atom stereocenters. The maximum Gasteiger partial charge on any atom is 0.333 e. The highest BCUT2D eigenvalue weighted by atomic mass is 79.9. The first-order valence-electron chi connectivity index (χ1n) is 4.97. The van der Waals surface area contributed by atoms with Crippen molar-refractivity contribution < 1.29 is 23.4 Å². The van der Waals surface area contributed by atoms with Crippen LogP contribution in [0.3, 0.4) is 0 Å². The van der Waals surface area contributed by atoms with Gasteiger partial charge in [0, 0.05) is 0 Å². The number of hydrogen-bond acceptors (Lipinski definition) is 4. The molecule has 18 heavy (non-hydrogen) atoms. The molecular formula is C12H12BrFO4. The molecule has 1 aromatic carbocycles. The third-order valence-corrected chi connectivity index (χ3v) is 2.55. The standard InChI is InChI=1S/C12H12BrFO4/c1-16-9-4-3-5-10(12(9)14)18-8(7-13)6-11(15)17-2/h3-6H,7H2,1-2H3/b8-6-. The van der Waals surface area contributed by atoms with Gasteiger partial charge in [0.05, 0.1) is 25.6 Å². The molecule has 0 aromatic heterocycles. The first kappa shape index (κ1) is 14.5. The van der Waals surface area contributed by atoms with Gasteiger partial charge in [-0.25, -0.2) is 4.79 Å². The predicted octanol–water partition coefficient (Wildman–Crippen LogP) is 2.66. The molecule has 0 atom stereocenters. The summed E-state index contributed by atoms with van der Waals surface area (Å²) in [5, 5.41) is 0.249. The number of ether oxygens (including phenoxy) is 3. The van der Waals surface area contributed by atoms with Crippen LogP contribution in [0.2, 0.25) is 0 Å². The number of rotatable bonds is 5. The van der Waals surface area contributed by atoms with E-state index in [0.717, 1.165) is 6.08 Å². The number of methoxy groups -OCH3 is 2. The van der Waals surface area contributed by atoms with Gasteiger partial charge in [-0.3, -0.25) is 0 Å². The summed E-state index contributed by atoms with van der Waals surface area (Å²) < 4.78 is 28.3. The summed E-state index contributed by atoms with van der Waals surface area (Å²) in [6.07, 6.45) is 1.13. The fourth-order valence-corrected chi connectivity index (χ4v) is 1.43. The maximum absolute atomic E-state index is 13.8. The zero-order chi connectivity index (χ0) is 13.5. The van der Waals surface area contributed by atoms with Crippen molar-refractivity contribution in [3.63, 3.8) is 0 Å². The van der Waals surface area contributed by atoms with Crippen LogP contribution in [0.25, 0.3) is 0 Å². The van der Waals surface area contributed by atoms with Gasteiger partial charge in [0.1, 0.15) is 5.76 Å². The molecule has 0 aliphatic rings. The van der Waals surface area contributed by atoms with Gasteiger partial charge >= 0.3 is 5.97 Å². The average molecular weight is 319 g/mol. The van der Waals surface area contributed by atoms with Gasteiger partial charge in [0.25, 0.3) is 0 Å². The monoisotopic (exact) mass is 318 g/mol. The van der Waals surface area contributed by atoms with Crippen LogP contribution < -0.4 is 9.47 Å². The first-order valence-corrected chi connectivity index (χ1v) is 6.09. The number of carbonyl (C=O) groups excluding carboxylic acids is 1. The minimum Gasteiger partial charge on any atom is -0.494 e. The number of benzene rings is 1. The normalized spacial score (nSPS) is 11.0. The Morgan fingerprint density at radius 2 is 2.06 bits per heavy atom. The zero-order valence-corrected chi connectivity index (χ0v) is 11.5. The Bertz CT molecular complexity index is 459. The van der Waals surface area contributed by atoms with E-state index in [9.17, 15) is 9.18 Å². The number of halogens is 2. The van der Waals surface area contributed by atoms with E-state index in [0.29, 0.717) is 0 Å². The minimum absolute atomic E-state index is 0.0241. The first-order chi connectivity index (χ1) is 8.62. The van der Waals surface area contributed by atoms with Crippen molar-refractivity contribution in [1.82, 2.24) is 0 Å². The van der Waals surface area contributed by atoms with E-state index in [1.54, 1.807) is 6.07 Å². The molecule has 4 nitrogen and oxygen atoms in total. The topological polar surface area (TPSA) is 44.8 Å². The molecule has 1 rings (SSSR count). The SMILES string of the molecule is COC(=O)/C=C(/CBr)Oc1cccc(OC)c1F. The van der Waals surface area contributed by atoms with Crippen LogP contribution >= 0.6 is 15.9 Å². The van der Waals surface area contributed by atoms with Crippen molar-refractivity contribution in [2.24, 2.45) is 0 Å². The second kappa shape index (κ2) is 7.00. The highest BCUT2D eigenvalue weighted by molar-refractivity contribution is 9.09. The van der Waals surface area contributed by atoms with Crippen LogP contribution in [0.5, 0.6) is 11.5 Å². The Hall–Kier alpha value is -1.56. The molecular weight excluding hydrogens is 307 g/mol. The smallest absolute Gasteiger partial charge is 0.333 e. The van der Waals surface area contributed by atoms with Crippen molar-refractivity contribution in [3.05, 3.63) is 35.9 Å². The molecule has 98 valence electrons. The van der Waals surface area contributed by atoms with Gasteiger partial charge in [-0.05, 0) is 12.1 Å². The van der Waals surface area contributed by atoms with Gasteiger partial charge in [-0.2, -0.15) is 4.39 Å². The molecule has 0 aliphatic carbocycles. The van der Waals surface area contributed by atoms with Crippen LogP contribution in [0.1, 0.15) is 0 Å². The van der Waals surface area contributed by atoms with E-state index < -0.39 is 11.8 Å². The summed E-state index contributed by atoms with van der Waals surface area (Å²) >= 11 is 3.14. The Morgan fingerprint density at radius 1 is 1.39 bits per heavy atom. The third kappa shape index (κ3) is 3.73. The summed E-state index contributed by atoms with van der Waals surface area (Å²) in [7, 11) is 2.61. The Morgan fingerprint density at radius 3 is 2.61 bits per heavy atom. The molecule has 6 heteroatoms. The molecule has 0 radical (unpaired) electrons. The lowest BCUT2D eigenvalue weighted by Gasteiger charge is -2.10. The second-order valence-electron chi connectivity index (χ2n) is 3.14. The predicted molar refractivity (Wildman–Crippen MR) is 67.5 cm³/mol. The average Bonchev–Trinajstić information content (AvgIpc) is 2.39. The largest absolute Gasteiger partial charge is 0.494 e. The Kier molecular flexibility index (Phi) is 5.64. The summed E-state index contributed by atoms with van der Waals surface area (Å²) in [6.45, 7) is 0. The van der Waals surface area contributed by atoms with Gasteiger partial charge in [-0.1, -0.05) is 22.0 Å². The summed E-state index contributed by atoms with van der Waals surface area (Å²) in [5.41, 5.74) is 0. The number of hydrogen-bond donors (Lipinski definition) is 0. The molecule has 0 N–H and O–H groups in total. The molecule has 0 saturated carbocycles.